The van der Waals surface area contributed by atoms with E-state index in [1.54, 1.807) is 11.3 Å². The first-order valence-electron chi connectivity index (χ1n) is 7.54. The van der Waals surface area contributed by atoms with Crippen LogP contribution in [0.15, 0.2) is 17.5 Å². The van der Waals surface area contributed by atoms with Gasteiger partial charge >= 0.3 is 0 Å². The molecule has 2 rings (SSSR count). The van der Waals surface area contributed by atoms with E-state index in [0.29, 0.717) is 19.8 Å². The summed E-state index contributed by atoms with van der Waals surface area (Å²) in [5.41, 5.74) is 0. The second-order valence-electron chi connectivity index (χ2n) is 5.70. The molecule has 0 spiro atoms. The minimum absolute atomic E-state index is 0.271. The van der Waals surface area contributed by atoms with Gasteiger partial charge in [0.1, 0.15) is 0 Å². The quantitative estimate of drug-likeness (QED) is 0.737. The van der Waals surface area contributed by atoms with Gasteiger partial charge in [-0.15, -0.1) is 11.3 Å². The lowest BCUT2D eigenvalue weighted by atomic mass is 10.2. The van der Waals surface area contributed by atoms with Gasteiger partial charge in [-0.25, -0.2) is 0 Å². The Morgan fingerprint density at radius 3 is 2.43 bits per heavy atom. The third-order valence-electron chi connectivity index (χ3n) is 3.59. The van der Waals surface area contributed by atoms with Crippen LogP contribution in [0, 0.1) is 0 Å². The molecule has 2 N–H and O–H groups in total. The maximum absolute atomic E-state index is 10.0. The topological polar surface area (TPSA) is 56.2 Å². The highest BCUT2D eigenvalue weighted by Crippen LogP contribution is 2.10. The van der Waals surface area contributed by atoms with Gasteiger partial charge in [0.05, 0.1) is 25.4 Å². The first-order valence-corrected chi connectivity index (χ1v) is 8.42. The van der Waals surface area contributed by atoms with E-state index >= 15 is 0 Å². The number of nitrogens with zero attached hydrogens (tertiary/aromatic N) is 2. The molecule has 0 radical (unpaired) electrons. The maximum Gasteiger partial charge on any atom is 0.0900 e. The molecule has 1 fully saturated rings. The van der Waals surface area contributed by atoms with Crippen molar-refractivity contribution in [1.82, 2.24) is 9.80 Å². The summed E-state index contributed by atoms with van der Waals surface area (Å²) in [4.78, 5) is 5.72. The summed E-state index contributed by atoms with van der Waals surface area (Å²) in [5.74, 6) is 0. The number of rotatable bonds is 8. The minimum Gasteiger partial charge on any atom is -0.392 e. The van der Waals surface area contributed by atoms with Gasteiger partial charge in [0.2, 0.25) is 0 Å². The molecular weight excluding hydrogens is 288 g/mol. The van der Waals surface area contributed by atoms with E-state index in [2.05, 4.69) is 9.80 Å². The molecule has 1 aliphatic rings. The van der Waals surface area contributed by atoms with Crippen molar-refractivity contribution in [2.45, 2.75) is 25.7 Å². The average Bonchev–Trinajstić information content (AvgIpc) is 2.93. The van der Waals surface area contributed by atoms with E-state index in [9.17, 15) is 10.2 Å². The smallest absolute Gasteiger partial charge is 0.0900 e. The lowest BCUT2D eigenvalue weighted by Gasteiger charge is -2.36. The molecule has 0 saturated carbocycles. The third kappa shape index (κ3) is 6.42. The fourth-order valence-electron chi connectivity index (χ4n) is 2.57. The lowest BCUT2D eigenvalue weighted by Crippen LogP contribution is -2.50. The Labute approximate surface area is 130 Å². The predicted octanol–water partition coefficient (Wildman–Crippen LogP) is 0.624. The van der Waals surface area contributed by atoms with Crippen LogP contribution in [0.3, 0.4) is 0 Å². The van der Waals surface area contributed by atoms with Crippen LogP contribution in [0.4, 0.5) is 0 Å². The summed E-state index contributed by atoms with van der Waals surface area (Å²) in [7, 11) is 0. The first kappa shape index (κ1) is 16.9. The Hall–Kier alpha value is -0.500. The molecule has 2 heterocycles. The summed E-state index contributed by atoms with van der Waals surface area (Å²) < 4.78 is 5.55. The van der Waals surface area contributed by atoms with Crippen LogP contribution in [0.5, 0.6) is 0 Å². The zero-order valence-corrected chi connectivity index (χ0v) is 13.5. The van der Waals surface area contributed by atoms with Crippen LogP contribution in [0.1, 0.15) is 11.8 Å². The number of ether oxygens (including phenoxy) is 1. The van der Waals surface area contributed by atoms with Crippen LogP contribution >= 0.6 is 11.3 Å². The van der Waals surface area contributed by atoms with Crippen LogP contribution in [0.25, 0.3) is 0 Å². The number of aliphatic hydroxyl groups is 2. The molecule has 0 bridgehead atoms. The first-order chi connectivity index (χ1) is 10.1. The molecule has 0 aliphatic carbocycles. The third-order valence-corrected chi connectivity index (χ3v) is 4.44. The molecule has 21 heavy (non-hydrogen) atoms. The molecule has 5 nitrogen and oxygen atoms in total. The number of aliphatic hydroxyl groups excluding tert-OH is 2. The monoisotopic (exact) mass is 314 g/mol. The second kappa shape index (κ2) is 8.82. The number of hydrogen-bond acceptors (Lipinski definition) is 6. The highest BCUT2D eigenvalue weighted by atomic mass is 32.1. The summed E-state index contributed by atoms with van der Waals surface area (Å²) in [5, 5.41) is 21.4. The zero-order valence-electron chi connectivity index (χ0n) is 12.6. The van der Waals surface area contributed by atoms with Gasteiger partial charge in [-0.2, -0.15) is 0 Å². The Morgan fingerprint density at radius 2 is 1.86 bits per heavy atom. The Kier molecular flexibility index (Phi) is 7.09. The van der Waals surface area contributed by atoms with Crippen molar-refractivity contribution >= 4 is 11.3 Å². The Bertz CT molecular complexity index is 378. The van der Waals surface area contributed by atoms with Gasteiger partial charge < -0.3 is 14.9 Å². The van der Waals surface area contributed by atoms with E-state index in [1.807, 2.05) is 24.4 Å². The Morgan fingerprint density at radius 1 is 1.19 bits per heavy atom. The SMILES string of the molecule is C[C@H](O)CN1CCN(C[C@H](O)COCc2cccs2)CC1. The molecule has 6 heteroatoms. The number of β-amino-alcohol motifs (C(OH)–C–C–N with tert-alkyl or cyclic N) is 2. The Balaban J connectivity index is 1.57. The van der Waals surface area contributed by atoms with Crippen molar-refractivity contribution in [3.63, 3.8) is 0 Å². The fraction of sp³-hybridized carbons (Fsp3) is 0.733. The molecule has 1 aromatic heterocycles. The summed E-state index contributed by atoms with van der Waals surface area (Å²) >= 11 is 1.67. The predicted molar refractivity (Wildman–Crippen MR) is 84.5 cm³/mol. The summed E-state index contributed by atoms with van der Waals surface area (Å²) in [6.07, 6.45) is -0.707. The van der Waals surface area contributed by atoms with Crippen LogP contribution in [-0.2, 0) is 11.3 Å². The van der Waals surface area contributed by atoms with Crippen LogP contribution in [-0.4, -0.2) is 78.1 Å². The van der Waals surface area contributed by atoms with Crippen LogP contribution in [0.2, 0.25) is 0 Å². The van der Waals surface area contributed by atoms with Crippen molar-refractivity contribution in [1.29, 1.82) is 0 Å². The van der Waals surface area contributed by atoms with E-state index in [4.69, 9.17) is 4.74 Å². The molecule has 0 aromatic carbocycles. The van der Waals surface area contributed by atoms with Gasteiger partial charge in [0.25, 0.3) is 0 Å². The van der Waals surface area contributed by atoms with Gasteiger partial charge in [-0.05, 0) is 18.4 Å². The minimum atomic E-state index is -0.437. The van der Waals surface area contributed by atoms with E-state index in [-0.39, 0.29) is 6.10 Å². The van der Waals surface area contributed by atoms with Crippen molar-refractivity contribution in [2.75, 3.05) is 45.9 Å². The second-order valence-corrected chi connectivity index (χ2v) is 6.73. The van der Waals surface area contributed by atoms with Crippen molar-refractivity contribution in [3.8, 4) is 0 Å². The van der Waals surface area contributed by atoms with Crippen molar-refractivity contribution in [3.05, 3.63) is 22.4 Å². The van der Waals surface area contributed by atoms with Gasteiger partial charge in [0, 0.05) is 44.1 Å². The largest absolute Gasteiger partial charge is 0.392 e. The molecule has 1 aliphatic heterocycles. The average molecular weight is 314 g/mol. The van der Waals surface area contributed by atoms with Gasteiger partial charge in [0.15, 0.2) is 0 Å². The molecule has 0 unspecified atom stereocenters. The molecular formula is C15H26N2O3S. The highest BCUT2D eigenvalue weighted by Gasteiger charge is 2.19. The highest BCUT2D eigenvalue weighted by molar-refractivity contribution is 7.09. The molecule has 120 valence electrons. The van der Waals surface area contributed by atoms with E-state index in [1.165, 1.54) is 4.88 Å². The van der Waals surface area contributed by atoms with Crippen molar-refractivity contribution in [2.24, 2.45) is 0 Å². The summed E-state index contributed by atoms with van der Waals surface area (Å²) in [6.45, 7) is 7.96. The van der Waals surface area contributed by atoms with E-state index < -0.39 is 6.10 Å². The number of thiophene rings is 1. The molecule has 1 saturated heterocycles. The van der Waals surface area contributed by atoms with Gasteiger partial charge in [-0.3, -0.25) is 9.80 Å². The van der Waals surface area contributed by atoms with E-state index in [0.717, 1.165) is 32.7 Å². The molecule has 1 aromatic rings. The maximum atomic E-state index is 10.0. The molecule has 2 atom stereocenters. The molecule has 0 amide bonds. The normalized spacial score (nSPS) is 20.5. The van der Waals surface area contributed by atoms with Crippen LogP contribution < -0.4 is 0 Å². The number of hydrogen-bond donors (Lipinski definition) is 2. The summed E-state index contributed by atoms with van der Waals surface area (Å²) in [6, 6.07) is 4.05. The van der Waals surface area contributed by atoms with Crippen molar-refractivity contribution < 1.29 is 14.9 Å². The fourth-order valence-corrected chi connectivity index (χ4v) is 3.21. The standard InChI is InChI=1S/C15H26N2O3S/c1-13(18)9-16-4-6-17(7-5-16)10-14(19)11-20-12-15-3-2-8-21-15/h2-3,8,13-14,18-19H,4-7,9-12H2,1H3/t13-,14-/m0/s1. The zero-order chi connectivity index (χ0) is 15.1. The van der Waals surface area contributed by atoms with Gasteiger partial charge in [-0.1, -0.05) is 6.07 Å². The number of piperazine rings is 1. The lowest BCUT2D eigenvalue weighted by molar-refractivity contribution is -0.000814.